The molecule has 0 amide bonds. The first kappa shape index (κ1) is 14.0. The fourth-order valence-electron chi connectivity index (χ4n) is 2.68. The molecule has 100 valence electrons. The molecule has 0 spiro atoms. The standard InChI is InChI=1S/C15H20Cl2O/c1-10(2)5-11(9-16)6-13-8-14(17)7-12-3-4-18-15(12)13/h7-8,10-11H,3-6,9H2,1-2H3. The fraction of sp³-hybridized carbons (Fsp3) is 0.600. The van der Waals surface area contributed by atoms with Crippen LogP contribution in [0.25, 0.3) is 0 Å². The normalized spacial score (nSPS) is 15.6. The molecule has 0 bridgehead atoms. The maximum absolute atomic E-state index is 6.17. The average Bonchev–Trinajstić information content (AvgIpc) is 2.75. The van der Waals surface area contributed by atoms with Gasteiger partial charge in [-0.25, -0.2) is 0 Å². The molecule has 0 saturated heterocycles. The molecule has 2 rings (SSSR count). The summed E-state index contributed by atoms with van der Waals surface area (Å²) in [5, 5.41) is 0.812. The summed E-state index contributed by atoms with van der Waals surface area (Å²) in [5.74, 6) is 2.91. The maximum Gasteiger partial charge on any atom is 0.125 e. The van der Waals surface area contributed by atoms with Crippen molar-refractivity contribution in [1.82, 2.24) is 0 Å². The zero-order chi connectivity index (χ0) is 13.1. The molecule has 1 aliphatic rings. The molecular weight excluding hydrogens is 267 g/mol. The Hall–Kier alpha value is -0.400. The van der Waals surface area contributed by atoms with Crippen LogP contribution >= 0.6 is 23.2 Å². The van der Waals surface area contributed by atoms with Gasteiger partial charge in [0.1, 0.15) is 5.75 Å². The van der Waals surface area contributed by atoms with Crippen molar-refractivity contribution in [3.05, 3.63) is 28.3 Å². The second-order valence-electron chi connectivity index (χ2n) is 5.51. The zero-order valence-electron chi connectivity index (χ0n) is 11.0. The van der Waals surface area contributed by atoms with Gasteiger partial charge in [0.25, 0.3) is 0 Å². The molecule has 0 N–H and O–H groups in total. The highest BCUT2D eigenvalue weighted by Gasteiger charge is 2.20. The molecule has 0 saturated carbocycles. The van der Waals surface area contributed by atoms with Crippen LogP contribution in [-0.2, 0) is 12.8 Å². The van der Waals surface area contributed by atoms with Gasteiger partial charge in [0.15, 0.2) is 0 Å². The van der Waals surface area contributed by atoms with Gasteiger partial charge in [0.05, 0.1) is 6.61 Å². The lowest BCUT2D eigenvalue weighted by Gasteiger charge is -2.18. The van der Waals surface area contributed by atoms with E-state index >= 15 is 0 Å². The summed E-state index contributed by atoms with van der Waals surface area (Å²) in [6, 6.07) is 4.05. The van der Waals surface area contributed by atoms with Crippen LogP contribution in [0.15, 0.2) is 12.1 Å². The van der Waals surface area contributed by atoms with Gasteiger partial charge in [-0.1, -0.05) is 25.4 Å². The number of benzene rings is 1. The van der Waals surface area contributed by atoms with Gasteiger partial charge in [-0.05, 0) is 47.9 Å². The third-order valence-electron chi connectivity index (χ3n) is 3.36. The van der Waals surface area contributed by atoms with Crippen molar-refractivity contribution in [3.8, 4) is 5.75 Å². The minimum absolute atomic E-state index is 0.499. The molecule has 1 nitrogen and oxygen atoms in total. The Morgan fingerprint density at radius 1 is 1.33 bits per heavy atom. The molecular formula is C15H20Cl2O. The molecule has 0 fully saturated rings. The van der Waals surface area contributed by atoms with E-state index < -0.39 is 0 Å². The summed E-state index contributed by atoms with van der Waals surface area (Å²) in [5.41, 5.74) is 2.47. The van der Waals surface area contributed by atoms with Crippen LogP contribution in [0, 0.1) is 11.8 Å². The molecule has 1 aliphatic heterocycles. The molecule has 0 radical (unpaired) electrons. The minimum atomic E-state index is 0.499. The highest BCUT2D eigenvalue weighted by atomic mass is 35.5. The van der Waals surface area contributed by atoms with Crippen molar-refractivity contribution < 1.29 is 4.74 Å². The average molecular weight is 287 g/mol. The molecule has 1 aromatic rings. The van der Waals surface area contributed by atoms with Crippen LogP contribution in [0.3, 0.4) is 0 Å². The Morgan fingerprint density at radius 3 is 2.78 bits per heavy atom. The molecule has 18 heavy (non-hydrogen) atoms. The second kappa shape index (κ2) is 6.16. The van der Waals surface area contributed by atoms with Crippen molar-refractivity contribution >= 4 is 23.2 Å². The summed E-state index contributed by atoms with van der Waals surface area (Å²) >= 11 is 12.3. The third-order valence-corrected chi connectivity index (χ3v) is 4.01. The largest absolute Gasteiger partial charge is 0.493 e. The van der Waals surface area contributed by atoms with Gasteiger partial charge < -0.3 is 4.74 Å². The molecule has 3 heteroatoms. The Labute approximate surface area is 119 Å². The minimum Gasteiger partial charge on any atom is -0.493 e. The van der Waals surface area contributed by atoms with E-state index in [-0.39, 0.29) is 0 Å². The summed E-state index contributed by atoms with van der Waals surface area (Å²) < 4.78 is 5.73. The number of hydrogen-bond acceptors (Lipinski definition) is 1. The summed E-state index contributed by atoms with van der Waals surface area (Å²) in [7, 11) is 0. The van der Waals surface area contributed by atoms with Crippen LogP contribution < -0.4 is 4.74 Å². The maximum atomic E-state index is 6.17. The molecule has 0 aliphatic carbocycles. The number of alkyl halides is 1. The first-order valence-corrected chi connectivity index (χ1v) is 7.51. The van der Waals surface area contributed by atoms with Crippen molar-refractivity contribution in [2.24, 2.45) is 11.8 Å². The zero-order valence-corrected chi connectivity index (χ0v) is 12.5. The Balaban J connectivity index is 2.18. The van der Waals surface area contributed by atoms with Crippen LogP contribution in [-0.4, -0.2) is 12.5 Å². The van der Waals surface area contributed by atoms with Crippen molar-refractivity contribution in [3.63, 3.8) is 0 Å². The smallest absolute Gasteiger partial charge is 0.125 e. The SMILES string of the molecule is CC(C)CC(CCl)Cc1cc(Cl)cc2c1OCC2. The lowest BCUT2D eigenvalue weighted by Crippen LogP contribution is -2.10. The van der Waals surface area contributed by atoms with Gasteiger partial charge in [-0.3, -0.25) is 0 Å². The predicted molar refractivity (Wildman–Crippen MR) is 78.0 cm³/mol. The Bertz CT molecular complexity index is 415. The number of halogens is 2. The van der Waals surface area contributed by atoms with E-state index in [4.69, 9.17) is 27.9 Å². The van der Waals surface area contributed by atoms with Gasteiger partial charge in [-0.15, -0.1) is 11.6 Å². The number of ether oxygens (including phenoxy) is 1. The molecule has 0 aromatic heterocycles. The predicted octanol–water partition coefficient (Wildman–Crippen LogP) is 4.72. The molecule has 1 heterocycles. The third kappa shape index (κ3) is 3.33. The van der Waals surface area contributed by atoms with Crippen molar-refractivity contribution in [2.75, 3.05) is 12.5 Å². The topological polar surface area (TPSA) is 9.23 Å². The molecule has 1 aromatic carbocycles. The van der Waals surface area contributed by atoms with E-state index in [1.807, 2.05) is 12.1 Å². The fourth-order valence-corrected chi connectivity index (χ4v) is 3.17. The van der Waals surface area contributed by atoms with Crippen molar-refractivity contribution in [1.29, 1.82) is 0 Å². The first-order chi connectivity index (χ1) is 8.60. The quantitative estimate of drug-likeness (QED) is 0.712. The van der Waals surface area contributed by atoms with Gasteiger partial charge in [-0.2, -0.15) is 0 Å². The highest BCUT2D eigenvalue weighted by Crippen LogP contribution is 2.35. The van der Waals surface area contributed by atoms with Gasteiger partial charge in [0, 0.05) is 17.3 Å². The van der Waals surface area contributed by atoms with E-state index in [9.17, 15) is 0 Å². The number of rotatable bonds is 5. The molecule has 1 atom stereocenters. The monoisotopic (exact) mass is 286 g/mol. The van der Waals surface area contributed by atoms with Crippen LogP contribution in [0.5, 0.6) is 5.75 Å². The van der Waals surface area contributed by atoms with Gasteiger partial charge >= 0.3 is 0 Å². The highest BCUT2D eigenvalue weighted by molar-refractivity contribution is 6.30. The van der Waals surface area contributed by atoms with Gasteiger partial charge in [0.2, 0.25) is 0 Å². The van der Waals surface area contributed by atoms with E-state index in [1.165, 1.54) is 11.1 Å². The van der Waals surface area contributed by atoms with Crippen LogP contribution in [0.1, 0.15) is 31.4 Å². The van der Waals surface area contributed by atoms with E-state index in [1.54, 1.807) is 0 Å². The lowest BCUT2D eigenvalue weighted by atomic mass is 9.91. The number of fused-ring (bicyclic) bond motifs is 1. The summed E-state index contributed by atoms with van der Waals surface area (Å²) in [4.78, 5) is 0. The summed E-state index contributed by atoms with van der Waals surface area (Å²) in [6.07, 6.45) is 3.08. The second-order valence-corrected chi connectivity index (χ2v) is 6.25. The Kier molecular flexibility index (Phi) is 4.80. The lowest BCUT2D eigenvalue weighted by molar-refractivity contribution is 0.349. The number of hydrogen-bond donors (Lipinski definition) is 0. The summed E-state index contributed by atoms with van der Waals surface area (Å²) in [6.45, 7) is 5.25. The van der Waals surface area contributed by atoms with Crippen LogP contribution in [0.4, 0.5) is 0 Å². The van der Waals surface area contributed by atoms with E-state index in [2.05, 4.69) is 13.8 Å². The van der Waals surface area contributed by atoms with E-state index in [0.29, 0.717) is 17.7 Å². The van der Waals surface area contributed by atoms with Crippen LogP contribution in [0.2, 0.25) is 5.02 Å². The first-order valence-electron chi connectivity index (χ1n) is 6.60. The molecule has 1 unspecified atom stereocenters. The van der Waals surface area contributed by atoms with Crippen molar-refractivity contribution in [2.45, 2.75) is 33.1 Å². The van der Waals surface area contributed by atoms with E-state index in [0.717, 1.165) is 36.6 Å². The Morgan fingerprint density at radius 2 is 2.11 bits per heavy atom.